The molecule has 3 aromatic rings. The van der Waals surface area contributed by atoms with Crippen LogP contribution in [0.2, 0.25) is 5.02 Å². The average Bonchev–Trinajstić information content (AvgIpc) is 3.08. The first-order valence-electron chi connectivity index (χ1n) is 8.94. The van der Waals surface area contributed by atoms with Gasteiger partial charge in [0.25, 0.3) is 5.91 Å². The SMILES string of the molecule is COc1cccc([C@@H](C)NC(=O)c2sc(Nc3cc(Cl)ccc3OC)nc2C)c1. The van der Waals surface area contributed by atoms with E-state index in [2.05, 4.69) is 15.6 Å². The molecule has 1 heterocycles. The van der Waals surface area contributed by atoms with Crippen LogP contribution in [0.25, 0.3) is 0 Å². The number of carbonyl (C=O) groups excluding carboxylic acids is 1. The maximum atomic E-state index is 12.8. The minimum absolute atomic E-state index is 0.177. The summed E-state index contributed by atoms with van der Waals surface area (Å²) in [5, 5.41) is 7.36. The zero-order chi connectivity index (χ0) is 21.0. The molecule has 0 radical (unpaired) electrons. The van der Waals surface area contributed by atoms with Gasteiger partial charge in [0.2, 0.25) is 0 Å². The molecule has 6 nitrogen and oxygen atoms in total. The predicted octanol–water partition coefficient (Wildman–Crippen LogP) is 5.36. The molecule has 0 aliphatic rings. The van der Waals surface area contributed by atoms with Crippen LogP contribution in [-0.2, 0) is 0 Å². The predicted molar refractivity (Wildman–Crippen MR) is 117 cm³/mol. The largest absolute Gasteiger partial charge is 0.497 e. The van der Waals surface area contributed by atoms with E-state index in [1.54, 1.807) is 32.4 Å². The third-order valence-corrected chi connectivity index (χ3v) is 5.65. The van der Waals surface area contributed by atoms with Gasteiger partial charge in [-0.25, -0.2) is 4.98 Å². The maximum absolute atomic E-state index is 12.8. The minimum atomic E-state index is -0.179. The molecular formula is C21H22ClN3O3S. The molecule has 0 spiro atoms. The van der Waals surface area contributed by atoms with E-state index in [1.165, 1.54) is 11.3 Å². The van der Waals surface area contributed by atoms with Gasteiger partial charge in [0, 0.05) is 5.02 Å². The van der Waals surface area contributed by atoms with Crippen LogP contribution in [0.1, 0.15) is 33.9 Å². The smallest absolute Gasteiger partial charge is 0.263 e. The molecule has 1 aromatic heterocycles. The van der Waals surface area contributed by atoms with E-state index in [-0.39, 0.29) is 11.9 Å². The van der Waals surface area contributed by atoms with Crippen LogP contribution in [0.3, 0.4) is 0 Å². The summed E-state index contributed by atoms with van der Waals surface area (Å²) in [6.07, 6.45) is 0. The Morgan fingerprint density at radius 3 is 2.69 bits per heavy atom. The number of nitrogens with zero attached hydrogens (tertiary/aromatic N) is 1. The number of benzene rings is 2. The summed E-state index contributed by atoms with van der Waals surface area (Å²) in [5.74, 6) is 1.21. The van der Waals surface area contributed by atoms with Crippen LogP contribution >= 0.6 is 22.9 Å². The molecule has 0 bridgehead atoms. The van der Waals surface area contributed by atoms with Crippen molar-refractivity contribution < 1.29 is 14.3 Å². The first-order valence-corrected chi connectivity index (χ1v) is 10.1. The molecule has 2 N–H and O–H groups in total. The van der Waals surface area contributed by atoms with Crippen LogP contribution < -0.4 is 20.1 Å². The molecule has 0 unspecified atom stereocenters. The fraction of sp³-hybridized carbons (Fsp3) is 0.238. The van der Waals surface area contributed by atoms with E-state index >= 15 is 0 Å². The lowest BCUT2D eigenvalue weighted by Crippen LogP contribution is -2.26. The van der Waals surface area contributed by atoms with E-state index < -0.39 is 0 Å². The molecule has 1 amide bonds. The lowest BCUT2D eigenvalue weighted by molar-refractivity contribution is 0.0943. The van der Waals surface area contributed by atoms with Crippen LogP contribution in [0.5, 0.6) is 11.5 Å². The maximum Gasteiger partial charge on any atom is 0.263 e. The number of hydrogen-bond donors (Lipinski definition) is 2. The van der Waals surface area contributed by atoms with Crippen molar-refractivity contribution in [1.29, 1.82) is 0 Å². The number of anilines is 2. The number of carbonyl (C=O) groups is 1. The van der Waals surface area contributed by atoms with E-state index in [9.17, 15) is 4.79 Å². The Balaban J connectivity index is 1.75. The Morgan fingerprint density at radius 1 is 1.17 bits per heavy atom. The second kappa shape index (κ2) is 9.15. The van der Waals surface area contributed by atoms with Crippen LogP contribution in [-0.4, -0.2) is 25.1 Å². The number of amides is 1. The lowest BCUT2D eigenvalue weighted by atomic mass is 10.1. The van der Waals surface area contributed by atoms with E-state index in [0.717, 1.165) is 11.3 Å². The summed E-state index contributed by atoms with van der Waals surface area (Å²) < 4.78 is 10.6. The van der Waals surface area contributed by atoms with Crippen molar-refractivity contribution in [1.82, 2.24) is 10.3 Å². The highest BCUT2D eigenvalue weighted by Crippen LogP contribution is 2.33. The monoisotopic (exact) mass is 431 g/mol. The quantitative estimate of drug-likeness (QED) is 0.527. The van der Waals surface area contributed by atoms with Gasteiger partial charge in [0.1, 0.15) is 16.4 Å². The number of thiazole rings is 1. The zero-order valence-corrected chi connectivity index (χ0v) is 18.1. The normalized spacial score (nSPS) is 11.6. The number of hydrogen-bond acceptors (Lipinski definition) is 6. The molecule has 0 fully saturated rings. The fourth-order valence-electron chi connectivity index (χ4n) is 2.81. The third-order valence-electron chi connectivity index (χ3n) is 4.35. The molecule has 3 rings (SSSR count). The van der Waals surface area contributed by atoms with E-state index in [4.69, 9.17) is 21.1 Å². The molecule has 152 valence electrons. The van der Waals surface area contributed by atoms with Crippen molar-refractivity contribution in [3.63, 3.8) is 0 Å². The number of aryl methyl sites for hydroxylation is 1. The second-order valence-electron chi connectivity index (χ2n) is 6.37. The topological polar surface area (TPSA) is 72.5 Å². The molecule has 0 aliphatic heterocycles. The minimum Gasteiger partial charge on any atom is -0.497 e. The first kappa shape index (κ1) is 21.0. The molecule has 0 aliphatic carbocycles. The molecule has 2 aromatic carbocycles. The van der Waals surface area contributed by atoms with Crippen molar-refractivity contribution in [2.24, 2.45) is 0 Å². The summed E-state index contributed by atoms with van der Waals surface area (Å²) in [4.78, 5) is 17.8. The van der Waals surface area contributed by atoms with Crippen molar-refractivity contribution in [2.75, 3.05) is 19.5 Å². The molecule has 0 saturated heterocycles. The van der Waals surface area contributed by atoms with Crippen LogP contribution in [0.4, 0.5) is 10.8 Å². The standard InChI is InChI=1S/C21H22ClN3O3S/c1-12(14-6-5-7-16(10-14)27-3)23-20(26)19-13(2)24-21(29-19)25-17-11-15(22)8-9-18(17)28-4/h5-12H,1-4H3,(H,23,26)(H,24,25)/t12-/m1/s1. The summed E-state index contributed by atoms with van der Waals surface area (Å²) >= 11 is 7.35. The van der Waals surface area contributed by atoms with Gasteiger partial charge in [-0.2, -0.15) is 0 Å². The van der Waals surface area contributed by atoms with Crippen molar-refractivity contribution in [3.05, 3.63) is 63.6 Å². The summed E-state index contributed by atoms with van der Waals surface area (Å²) in [7, 11) is 3.20. The number of halogens is 1. The average molecular weight is 432 g/mol. The van der Waals surface area contributed by atoms with Gasteiger partial charge < -0.3 is 20.1 Å². The van der Waals surface area contributed by atoms with Gasteiger partial charge in [-0.1, -0.05) is 35.1 Å². The van der Waals surface area contributed by atoms with Crippen molar-refractivity contribution >= 4 is 39.7 Å². The number of ether oxygens (including phenoxy) is 2. The third kappa shape index (κ3) is 4.99. The Hall–Kier alpha value is -2.77. The Kier molecular flexibility index (Phi) is 6.61. The van der Waals surface area contributed by atoms with Gasteiger partial charge in [0.05, 0.1) is 31.6 Å². The summed E-state index contributed by atoms with van der Waals surface area (Å²) in [6, 6.07) is 12.7. The Labute approximate surface area is 178 Å². The first-order chi connectivity index (χ1) is 13.9. The second-order valence-corrected chi connectivity index (χ2v) is 7.81. The highest BCUT2D eigenvalue weighted by atomic mass is 35.5. The molecular weight excluding hydrogens is 410 g/mol. The Morgan fingerprint density at radius 2 is 1.97 bits per heavy atom. The van der Waals surface area contributed by atoms with E-state index in [0.29, 0.717) is 32.2 Å². The molecule has 8 heteroatoms. The van der Waals surface area contributed by atoms with E-state index in [1.807, 2.05) is 38.1 Å². The molecule has 0 saturated carbocycles. The number of methoxy groups -OCH3 is 2. The molecule has 29 heavy (non-hydrogen) atoms. The Bertz CT molecular complexity index is 1020. The molecule has 1 atom stereocenters. The van der Waals surface area contributed by atoms with Gasteiger partial charge in [0.15, 0.2) is 5.13 Å². The highest BCUT2D eigenvalue weighted by Gasteiger charge is 2.19. The van der Waals surface area contributed by atoms with Crippen molar-refractivity contribution in [2.45, 2.75) is 19.9 Å². The van der Waals surface area contributed by atoms with Crippen LogP contribution in [0, 0.1) is 6.92 Å². The summed E-state index contributed by atoms with van der Waals surface area (Å²) in [6.45, 7) is 3.74. The lowest BCUT2D eigenvalue weighted by Gasteiger charge is -2.14. The van der Waals surface area contributed by atoms with Gasteiger partial charge >= 0.3 is 0 Å². The fourth-order valence-corrected chi connectivity index (χ4v) is 3.86. The highest BCUT2D eigenvalue weighted by molar-refractivity contribution is 7.17. The number of rotatable bonds is 7. The van der Waals surface area contributed by atoms with Crippen molar-refractivity contribution in [3.8, 4) is 11.5 Å². The number of nitrogens with one attached hydrogen (secondary N) is 2. The van der Waals surface area contributed by atoms with Crippen LogP contribution in [0.15, 0.2) is 42.5 Å². The number of aromatic nitrogens is 1. The van der Waals surface area contributed by atoms with Gasteiger partial charge in [-0.3, -0.25) is 4.79 Å². The van der Waals surface area contributed by atoms with Gasteiger partial charge in [-0.15, -0.1) is 0 Å². The zero-order valence-electron chi connectivity index (χ0n) is 16.6. The van der Waals surface area contributed by atoms with Gasteiger partial charge in [-0.05, 0) is 49.7 Å². The summed E-state index contributed by atoms with van der Waals surface area (Å²) in [5.41, 5.74) is 2.29.